The zero-order valence-electron chi connectivity index (χ0n) is 18.2. The number of aromatic amines is 1. The van der Waals surface area contributed by atoms with Crippen molar-refractivity contribution in [2.45, 2.75) is 18.9 Å². The summed E-state index contributed by atoms with van der Waals surface area (Å²) < 4.78 is 5.23. The first-order valence-electron chi connectivity index (χ1n) is 9.87. The molecule has 33 heavy (non-hydrogen) atoms. The van der Waals surface area contributed by atoms with E-state index in [4.69, 9.17) is 4.74 Å². The predicted molar refractivity (Wildman–Crippen MR) is 126 cm³/mol. The van der Waals surface area contributed by atoms with E-state index in [9.17, 15) is 19.2 Å². The number of hydrogen-bond acceptors (Lipinski definition) is 7. The highest BCUT2D eigenvalue weighted by molar-refractivity contribution is 8.00. The van der Waals surface area contributed by atoms with Gasteiger partial charge in [0.15, 0.2) is 5.78 Å². The van der Waals surface area contributed by atoms with Crippen molar-refractivity contribution in [1.82, 2.24) is 9.97 Å². The zero-order chi connectivity index (χ0) is 24.0. The molecule has 1 aromatic heterocycles. The van der Waals surface area contributed by atoms with Gasteiger partial charge in [-0.25, -0.2) is 4.79 Å². The van der Waals surface area contributed by atoms with Crippen LogP contribution in [0.1, 0.15) is 33.3 Å². The van der Waals surface area contributed by atoms with E-state index in [0.717, 1.165) is 11.8 Å². The van der Waals surface area contributed by atoms with Crippen LogP contribution < -0.4 is 21.1 Å². The maximum atomic E-state index is 12.5. The quantitative estimate of drug-likeness (QED) is 0.264. The molecule has 0 radical (unpaired) electrons. The number of Topliss-reactive ketones (excluding diaryl/α,β-unsaturated/α-hetero) is 1. The molecule has 0 fully saturated rings. The van der Waals surface area contributed by atoms with Crippen LogP contribution in [-0.4, -0.2) is 40.4 Å². The fourth-order valence-corrected chi connectivity index (χ4v) is 3.99. The Morgan fingerprint density at radius 3 is 2.42 bits per heavy atom. The Morgan fingerprint density at radius 2 is 1.76 bits per heavy atom. The molecular formula is C23H22N4O5S. The molecule has 9 nitrogen and oxygen atoms in total. The van der Waals surface area contributed by atoms with Crippen LogP contribution in [0.15, 0.2) is 58.4 Å². The van der Waals surface area contributed by atoms with Gasteiger partial charge >= 0.3 is 5.69 Å². The molecule has 0 unspecified atom stereocenters. The van der Waals surface area contributed by atoms with E-state index in [0.29, 0.717) is 28.4 Å². The van der Waals surface area contributed by atoms with E-state index in [2.05, 4.69) is 20.6 Å². The molecule has 0 aliphatic rings. The number of H-pyrrole nitrogens is 1. The van der Waals surface area contributed by atoms with Crippen molar-refractivity contribution >= 4 is 40.7 Å². The number of nitrogens with zero attached hydrogens (tertiary/aromatic N) is 1. The second kappa shape index (κ2) is 10.6. The third kappa shape index (κ3) is 6.07. The number of rotatable bonds is 8. The number of amides is 2. The van der Waals surface area contributed by atoms with E-state index < -0.39 is 5.69 Å². The van der Waals surface area contributed by atoms with Crippen molar-refractivity contribution in [2.24, 2.45) is 0 Å². The number of anilines is 2. The summed E-state index contributed by atoms with van der Waals surface area (Å²) in [6, 6.07) is 13.5. The number of aromatic nitrogens is 2. The van der Waals surface area contributed by atoms with Crippen LogP contribution in [0.5, 0.6) is 5.75 Å². The SMILES string of the molecule is COc1ccccc1NC(=O)c1ccc(NC(=O)CSc2nc(=O)[nH]c(C)c2C(C)=O)cc1. The number of ether oxygens (including phenoxy) is 1. The first kappa shape index (κ1) is 23.7. The van der Waals surface area contributed by atoms with E-state index in [-0.39, 0.29) is 33.9 Å². The van der Waals surface area contributed by atoms with Gasteiger partial charge in [0.25, 0.3) is 5.91 Å². The summed E-state index contributed by atoms with van der Waals surface area (Å²) in [7, 11) is 1.52. The van der Waals surface area contributed by atoms with Crippen LogP contribution >= 0.6 is 11.8 Å². The molecule has 0 saturated carbocycles. The van der Waals surface area contributed by atoms with Crippen LogP contribution in [-0.2, 0) is 4.79 Å². The number of hydrogen-bond donors (Lipinski definition) is 3. The van der Waals surface area contributed by atoms with Crippen molar-refractivity contribution in [3.63, 3.8) is 0 Å². The lowest BCUT2D eigenvalue weighted by Gasteiger charge is -2.11. The minimum atomic E-state index is -0.581. The molecule has 3 aromatic rings. The number of carbonyl (C=O) groups is 3. The highest BCUT2D eigenvalue weighted by Gasteiger charge is 2.16. The highest BCUT2D eigenvalue weighted by Crippen LogP contribution is 2.24. The molecule has 170 valence electrons. The van der Waals surface area contributed by atoms with Gasteiger partial charge in [0.2, 0.25) is 5.91 Å². The minimum Gasteiger partial charge on any atom is -0.495 e. The molecule has 10 heteroatoms. The van der Waals surface area contributed by atoms with E-state index in [1.807, 2.05) is 0 Å². The molecule has 0 aliphatic carbocycles. The van der Waals surface area contributed by atoms with Gasteiger partial charge in [0, 0.05) is 16.9 Å². The molecule has 3 N–H and O–H groups in total. The Kier molecular flexibility index (Phi) is 7.62. The molecule has 1 heterocycles. The molecule has 2 amide bonds. The summed E-state index contributed by atoms with van der Waals surface area (Å²) in [5.74, 6) is -0.418. The van der Waals surface area contributed by atoms with Crippen molar-refractivity contribution in [3.05, 3.63) is 75.8 Å². The smallest absolute Gasteiger partial charge is 0.346 e. The number of benzene rings is 2. The number of thioether (sulfide) groups is 1. The summed E-state index contributed by atoms with van der Waals surface area (Å²) in [4.78, 5) is 54.6. The summed E-state index contributed by atoms with van der Waals surface area (Å²) in [6.07, 6.45) is 0. The molecular weight excluding hydrogens is 444 g/mol. The molecule has 0 atom stereocenters. The summed E-state index contributed by atoms with van der Waals surface area (Å²) in [5.41, 5.74) is 1.57. The summed E-state index contributed by atoms with van der Waals surface area (Å²) in [6.45, 7) is 2.98. The fourth-order valence-electron chi connectivity index (χ4n) is 3.06. The summed E-state index contributed by atoms with van der Waals surface area (Å²) >= 11 is 1.00. The van der Waals surface area contributed by atoms with Gasteiger partial charge in [-0.2, -0.15) is 4.98 Å². The number of methoxy groups -OCH3 is 1. The second-order valence-electron chi connectivity index (χ2n) is 6.97. The lowest BCUT2D eigenvalue weighted by Crippen LogP contribution is -2.19. The highest BCUT2D eigenvalue weighted by atomic mass is 32.2. The maximum absolute atomic E-state index is 12.5. The van der Waals surface area contributed by atoms with Crippen LogP contribution in [0.25, 0.3) is 0 Å². The number of carbonyl (C=O) groups excluding carboxylic acids is 3. The van der Waals surface area contributed by atoms with Gasteiger partial charge < -0.3 is 20.4 Å². The van der Waals surface area contributed by atoms with Crippen LogP contribution in [0.3, 0.4) is 0 Å². The molecule has 0 bridgehead atoms. The Morgan fingerprint density at radius 1 is 1.06 bits per heavy atom. The standard InChI is InChI=1S/C23H22N4O5S/c1-13-20(14(2)28)22(27-23(31)24-13)33-12-19(29)25-16-10-8-15(9-11-16)21(30)26-17-6-4-5-7-18(17)32-3/h4-11H,12H2,1-3H3,(H,25,29)(H,26,30)(H,24,27,31). The largest absolute Gasteiger partial charge is 0.495 e. The number of ketones is 1. The van der Waals surface area contributed by atoms with Crippen molar-refractivity contribution in [1.29, 1.82) is 0 Å². The molecule has 2 aromatic carbocycles. The summed E-state index contributed by atoms with van der Waals surface area (Å²) in [5, 5.41) is 5.71. The topological polar surface area (TPSA) is 130 Å². The van der Waals surface area contributed by atoms with Crippen LogP contribution in [0.2, 0.25) is 0 Å². The van der Waals surface area contributed by atoms with Crippen molar-refractivity contribution in [3.8, 4) is 5.75 Å². The van der Waals surface area contributed by atoms with Crippen LogP contribution in [0.4, 0.5) is 11.4 Å². The first-order valence-corrected chi connectivity index (χ1v) is 10.9. The van der Waals surface area contributed by atoms with E-state index >= 15 is 0 Å². The molecule has 3 rings (SSSR count). The van der Waals surface area contributed by atoms with Crippen LogP contribution in [0, 0.1) is 6.92 Å². The van der Waals surface area contributed by atoms with Gasteiger partial charge in [-0.05, 0) is 50.2 Å². The zero-order valence-corrected chi connectivity index (χ0v) is 19.0. The van der Waals surface area contributed by atoms with Gasteiger partial charge in [-0.3, -0.25) is 14.4 Å². The fraction of sp³-hybridized carbons (Fsp3) is 0.174. The van der Waals surface area contributed by atoms with Gasteiger partial charge in [-0.1, -0.05) is 23.9 Å². The minimum absolute atomic E-state index is 0.0494. The second-order valence-corrected chi connectivity index (χ2v) is 7.94. The van der Waals surface area contributed by atoms with Gasteiger partial charge in [0.05, 0.1) is 24.1 Å². The Balaban J connectivity index is 1.61. The average molecular weight is 467 g/mol. The maximum Gasteiger partial charge on any atom is 0.346 e. The molecule has 0 spiro atoms. The first-order chi connectivity index (χ1) is 15.8. The number of aryl methyl sites for hydroxylation is 1. The average Bonchev–Trinajstić information content (AvgIpc) is 2.77. The lowest BCUT2D eigenvalue weighted by molar-refractivity contribution is -0.113. The van der Waals surface area contributed by atoms with Gasteiger partial charge in [0.1, 0.15) is 10.8 Å². The number of nitrogens with one attached hydrogen (secondary N) is 3. The van der Waals surface area contributed by atoms with E-state index in [1.165, 1.54) is 14.0 Å². The third-order valence-electron chi connectivity index (χ3n) is 4.56. The normalized spacial score (nSPS) is 10.4. The molecule has 0 aliphatic heterocycles. The monoisotopic (exact) mass is 466 g/mol. The lowest BCUT2D eigenvalue weighted by atomic mass is 10.2. The third-order valence-corrected chi connectivity index (χ3v) is 5.54. The van der Waals surface area contributed by atoms with Gasteiger partial charge in [-0.15, -0.1) is 0 Å². The predicted octanol–water partition coefficient (Wildman–Crippen LogP) is 3.27. The van der Waals surface area contributed by atoms with E-state index in [1.54, 1.807) is 55.5 Å². The number of para-hydroxylation sites is 2. The van der Waals surface area contributed by atoms with Crippen molar-refractivity contribution in [2.75, 3.05) is 23.5 Å². The van der Waals surface area contributed by atoms with Crippen molar-refractivity contribution < 1.29 is 19.1 Å². The Bertz CT molecular complexity index is 1250. The Hall–Kier alpha value is -3.92. The Labute approximate surface area is 194 Å². The molecule has 0 saturated heterocycles.